The molecule has 4 aliphatic rings. The molecule has 4 saturated carbocycles. The van der Waals surface area contributed by atoms with Crippen molar-refractivity contribution in [3.63, 3.8) is 0 Å². The molecule has 0 radical (unpaired) electrons. The van der Waals surface area contributed by atoms with E-state index in [1.165, 1.54) is 11.8 Å². The van der Waals surface area contributed by atoms with Crippen LogP contribution in [-0.2, 0) is 0 Å². The first-order valence-corrected chi connectivity index (χ1v) is 3.20. The molecule has 0 nitrogen and oxygen atoms in total. The van der Waals surface area contributed by atoms with Crippen LogP contribution >= 0.6 is 0 Å². The highest BCUT2D eigenvalue weighted by molar-refractivity contribution is 5.45. The molecule has 0 heterocycles. The Balaban J connectivity index is 2.13. The summed E-state index contributed by atoms with van der Waals surface area (Å²) in [6, 6.07) is 0. The van der Waals surface area contributed by atoms with Gasteiger partial charge in [-0.15, -0.1) is 0 Å². The van der Waals surface area contributed by atoms with Crippen molar-refractivity contribution >= 4 is 0 Å². The zero-order valence-corrected chi connectivity index (χ0v) is 4.86. The first kappa shape index (κ1) is 3.11. The Hall–Kier alpha value is 0. The quantitative estimate of drug-likeness (QED) is 0.428. The largest absolute Gasteiger partial charge is 0.0590 e. The van der Waals surface area contributed by atoms with Crippen molar-refractivity contribution in [2.24, 2.45) is 22.7 Å². The van der Waals surface area contributed by atoms with Crippen LogP contribution in [0.5, 0.6) is 0 Å². The maximum absolute atomic E-state index is 2.44. The Morgan fingerprint density at radius 1 is 1.14 bits per heavy atom. The average molecular weight is 94.2 g/mol. The van der Waals surface area contributed by atoms with Crippen LogP contribution in [0.3, 0.4) is 0 Å². The lowest BCUT2D eigenvalue weighted by Gasteiger charge is -2.44. The first-order valence-electron chi connectivity index (χ1n) is 3.20. The third kappa shape index (κ3) is 0.107. The molecular formula is C7H10. The minimum absolute atomic E-state index is 0.911. The summed E-state index contributed by atoms with van der Waals surface area (Å²) >= 11 is 0. The summed E-state index contributed by atoms with van der Waals surface area (Å²) < 4.78 is 0. The predicted molar refractivity (Wildman–Crippen MR) is 27.8 cm³/mol. The zero-order chi connectivity index (χ0) is 4.86. The fourth-order valence-corrected chi connectivity index (χ4v) is 3.54. The Morgan fingerprint density at radius 3 is 1.57 bits per heavy atom. The van der Waals surface area contributed by atoms with Crippen LogP contribution in [-0.4, -0.2) is 0 Å². The molecule has 0 aromatic heterocycles. The molecule has 0 atom stereocenters. The van der Waals surface area contributed by atoms with E-state index in [1.54, 1.807) is 6.42 Å². The monoisotopic (exact) mass is 94.1 g/mol. The molecule has 2 bridgehead atoms. The van der Waals surface area contributed by atoms with Crippen LogP contribution in [0.1, 0.15) is 20.3 Å². The third-order valence-corrected chi connectivity index (χ3v) is 3.72. The van der Waals surface area contributed by atoms with E-state index in [9.17, 15) is 0 Å². The van der Waals surface area contributed by atoms with Crippen LogP contribution in [0.4, 0.5) is 0 Å². The Morgan fingerprint density at radius 2 is 1.57 bits per heavy atom. The van der Waals surface area contributed by atoms with Gasteiger partial charge in [-0.3, -0.25) is 0 Å². The third-order valence-electron chi connectivity index (χ3n) is 3.72. The van der Waals surface area contributed by atoms with Gasteiger partial charge in [0.15, 0.2) is 0 Å². The molecule has 0 aliphatic heterocycles. The molecular weight excluding hydrogens is 84.1 g/mol. The van der Waals surface area contributed by atoms with Crippen LogP contribution in [0.25, 0.3) is 0 Å². The minimum atomic E-state index is 0.911. The minimum Gasteiger partial charge on any atom is -0.0590 e. The second-order valence-electron chi connectivity index (χ2n) is 4.14. The lowest BCUT2D eigenvalue weighted by atomic mass is 9.60. The van der Waals surface area contributed by atoms with Gasteiger partial charge in [-0.1, -0.05) is 13.8 Å². The summed E-state index contributed by atoms with van der Waals surface area (Å²) in [5.74, 6) is 2.42. The summed E-state index contributed by atoms with van der Waals surface area (Å²) in [6.45, 7) is 4.88. The highest BCUT2D eigenvalue weighted by Crippen LogP contribution is 3.02. The smallest absolute Gasteiger partial charge is 0.0247 e. The van der Waals surface area contributed by atoms with Crippen LogP contribution < -0.4 is 0 Å². The first-order chi connectivity index (χ1) is 3.20. The van der Waals surface area contributed by atoms with Crippen molar-refractivity contribution in [3.05, 3.63) is 0 Å². The number of hydrogen-bond donors (Lipinski definition) is 0. The van der Waals surface area contributed by atoms with E-state index in [2.05, 4.69) is 13.8 Å². The zero-order valence-electron chi connectivity index (χ0n) is 4.86. The lowest BCUT2D eigenvalue weighted by molar-refractivity contribution is 0.0395. The van der Waals surface area contributed by atoms with E-state index in [0.29, 0.717) is 0 Å². The van der Waals surface area contributed by atoms with E-state index in [0.717, 1.165) is 10.8 Å². The Bertz CT molecular complexity index is 131. The molecule has 0 aromatic carbocycles. The molecule has 0 spiro atoms. The summed E-state index contributed by atoms with van der Waals surface area (Å²) in [4.78, 5) is 0. The molecule has 0 saturated heterocycles. The van der Waals surface area contributed by atoms with Crippen molar-refractivity contribution in [2.75, 3.05) is 0 Å². The highest BCUT2D eigenvalue weighted by Gasteiger charge is 2.97. The van der Waals surface area contributed by atoms with Crippen LogP contribution in [0.15, 0.2) is 0 Å². The second kappa shape index (κ2) is 0.416. The predicted octanol–water partition coefficient (Wildman–Crippen LogP) is 1.66. The van der Waals surface area contributed by atoms with Gasteiger partial charge in [-0.2, -0.15) is 0 Å². The van der Waals surface area contributed by atoms with Gasteiger partial charge in [0.05, 0.1) is 0 Å². The van der Waals surface area contributed by atoms with Gasteiger partial charge >= 0.3 is 0 Å². The summed E-state index contributed by atoms with van der Waals surface area (Å²) in [7, 11) is 0. The van der Waals surface area contributed by atoms with Crippen molar-refractivity contribution in [3.8, 4) is 0 Å². The van der Waals surface area contributed by atoms with Crippen LogP contribution in [0, 0.1) is 22.7 Å². The van der Waals surface area contributed by atoms with Gasteiger partial charge < -0.3 is 0 Å². The summed E-state index contributed by atoms with van der Waals surface area (Å²) in [6.07, 6.45) is 1.55. The molecule has 0 amide bonds. The molecule has 4 aliphatic carbocycles. The maximum Gasteiger partial charge on any atom is -0.0247 e. The second-order valence-corrected chi connectivity index (χ2v) is 4.14. The topological polar surface area (TPSA) is 0 Å². The van der Waals surface area contributed by atoms with Crippen molar-refractivity contribution in [2.45, 2.75) is 20.3 Å². The summed E-state index contributed by atoms with van der Waals surface area (Å²) in [5.41, 5.74) is 1.82. The number of rotatable bonds is 0. The standard InChI is InChI=1S/C7H10/c1-6-3-7(2)4(6)5(6)7/h4-5H,3H2,1-2H3. The van der Waals surface area contributed by atoms with Gasteiger partial charge in [0.1, 0.15) is 0 Å². The average Bonchev–Trinajstić information content (AvgIpc) is 2.27. The molecule has 0 aromatic rings. The normalized spacial score (nSPS) is 90.0. The Kier molecular flexibility index (Phi) is 0.185. The van der Waals surface area contributed by atoms with Gasteiger partial charge in [-0.05, 0) is 29.1 Å². The summed E-state index contributed by atoms with van der Waals surface area (Å²) in [5, 5.41) is 0. The van der Waals surface area contributed by atoms with Crippen molar-refractivity contribution in [1.29, 1.82) is 0 Å². The molecule has 4 rings (SSSR count). The SMILES string of the molecule is CC12CC3(C)C1C23. The molecule has 38 valence electrons. The fourth-order valence-electron chi connectivity index (χ4n) is 3.54. The lowest BCUT2D eigenvalue weighted by Crippen LogP contribution is -2.37. The van der Waals surface area contributed by atoms with Gasteiger partial charge in [0.25, 0.3) is 0 Å². The molecule has 0 heteroatoms. The number of hydrogen-bond acceptors (Lipinski definition) is 0. The maximum atomic E-state index is 2.44. The fraction of sp³-hybridized carbons (Fsp3) is 1.00. The molecule has 4 fully saturated rings. The highest BCUT2D eigenvalue weighted by atomic mass is 15.0. The van der Waals surface area contributed by atoms with Crippen LogP contribution in [0.2, 0.25) is 0 Å². The van der Waals surface area contributed by atoms with Crippen molar-refractivity contribution < 1.29 is 0 Å². The molecule has 0 N–H and O–H groups in total. The van der Waals surface area contributed by atoms with Gasteiger partial charge in [0.2, 0.25) is 0 Å². The van der Waals surface area contributed by atoms with E-state index < -0.39 is 0 Å². The molecule has 0 unspecified atom stereocenters. The van der Waals surface area contributed by atoms with E-state index in [1.807, 2.05) is 0 Å². The molecule has 7 heavy (non-hydrogen) atoms. The Labute approximate surface area is 43.9 Å². The van der Waals surface area contributed by atoms with E-state index in [-0.39, 0.29) is 0 Å². The van der Waals surface area contributed by atoms with Gasteiger partial charge in [0, 0.05) is 0 Å². The van der Waals surface area contributed by atoms with Gasteiger partial charge in [-0.25, -0.2) is 0 Å². The van der Waals surface area contributed by atoms with Crippen molar-refractivity contribution in [1.82, 2.24) is 0 Å². The van der Waals surface area contributed by atoms with E-state index >= 15 is 0 Å². The van der Waals surface area contributed by atoms with E-state index in [4.69, 9.17) is 0 Å².